The van der Waals surface area contributed by atoms with Crippen LogP contribution in [-0.2, 0) is 20.4 Å². The topological polar surface area (TPSA) is 99.6 Å². The molecule has 7 nitrogen and oxygen atoms in total. The van der Waals surface area contributed by atoms with E-state index in [0.717, 1.165) is 24.3 Å². The van der Waals surface area contributed by atoms with Crippen molar-refractivity contribution >= 4 is 27.3 Å². The van der Waals surface area contributed by atoms with Gasteiger partial charge in [-0.25, -0.2) is 22.5 Å². The summed E-state index contributed by atoms with van der Waals surface area (Å²) >= 11 is 0.625. The maximum Gasteiger partial charge on any atom is 0.424 e. The van der Waals surface area contributed by atoms with Crippen LogP contribution in [-0.4, -0.2) is 54.6 Å². The Morgan fingerprint density at radius 3 is 2.34 bits per heavy atom. The van der Waals surface area contributed by atoms with Crippen LogP contribution in [0.25, 0.3) is 0 Å². The summed E-state index contributed by atoms with van der Waals surface area (Å²) in [5.41, 5.74) is -3.10. The zero-order valence-corrected chi connectivity index (χ0v) is 18.5. The molecule has 1 aromatic carbocycles. The van der Waals surface area contributed by atoms with Crippen LogP contribution in [0, 0.1) is 12.7 Å². The first kappa shape index (κ1) is 24.6. The number of nitrogens with one attached hydrogen (secondary N) is 1. The van der Waals surface area contributed by atoms with Crippen molar-refractivity contribution in [3.05, 3.63) is 46.2 Å². The van der Waals surface area contributed by atoms with Crippen molar-refractivity contribution in [2.24, 2.45) is 0 Å². The SMILES string of the molecule is Cc1csc(C(O)(CC(=O)N2CCC(NS(=O)(=O)c3ccc(F)cc3)CC2)C(F)(F)F)n1. The quantitative estimate of drug-likeness (QED) is 0.601. The van der Waals surface area contributed by atoms with Crippen LogP contribution in [0.4, 0.5) is 17.6 Å². The highest BCUT2D eigenvalue weighted by Crippen LogP contribution is 2.43. The summed E-state index contributed by atoms with van der Waals surface area (Å²) in [7, 11) is -3.91. The number of thiazole rings is 1. The molecule has 0 saturated carbocycles. The number of alkyl halides is 3. The molecular weight excluding hydrogens is 474 g/mol. The first-order valence-electron chi connectivity index (χ1n) is 9.59. The van der Waals surface area contributed by atoms with E-state index in [2.05, 4.69) is 9.71 Å². The minimum atomic E-state index is -5.10. The molecule has 0 aliphatic carbocycles. The number of amides is 1. The third-order valence-corrected chi connectivity index (χ3v) is 7.79. The number of carbonyl (C=O) groups is 1. The van der Waals surface area contributed by atoms with E-state index >= 15 is 0 Å². The summed E-state index contributed by atoms with van der Waals surface area (Å²) in [6.45, 7) is 1.51. The Morgan fingerprint density at radius 1 is 1.25 bits per heavy atom. The maximum atomic E-state index is 13.6. The van der Waals surface area contributed by atoms with E-state index in [1.54, 1.807) is 0 Å². The second kappa shape index (κ2) is 9.04. The Labute approximate surface area is 186 Å². The number of hydrogen-bond donors (Lipinski definition) is 2. The summed E-state index contributed by atoms with van der Waals surface area (Å²) in [4.78, 5) is 17.3. The number of piperidine rings is 1. The van der Waals surface area contributed by atoms with Crippen molar-refractivity contribution in [2.75, 3.05) is 13.1 Å². The van der Waals surface area contributed by atoms with Gasteiger partial charge in [-0.05, 0) is 44.0 Å². The van der Waals surface area contributed by atoms with E-state index < -0.39 is 51.0 Å². The number of rotatable bonds is 6. The van der Waals surface area contributed by atoms with E-state index in [0.29, 0.717) is 17.0 Å². The molecule has 1 atom stereocenters. The number of sulfonamides is 1. The van der Waals surface area contributed by atoms with E-state index in [-0.39, 0.29) is 30.8 Å². The van der Waals surface area contributed by atoms with Gasteiger partial charge in [0.15, 0.2) is 0 Å². The lowest BCUT2D eigenvalue weighted by molar-refractivity contribution is -0.268. The number of likely N-dealkylation sites (tertiary alicyclic amines) is 1. The molecule has 1 aliphatic rings. The highest BCUT2D eigenvalue weighted by molar-refractivity contribution is 7.89. The van der Waals surface area contributed by atoms with Crippen LogP contribution >= 0.6 is 11.3 Å². The Balaban J connectivity index is 1.63. The molecule has 3 rings (SSSR count). The number of halogens is 4. The number of carbonyl (C=O) groups excluding carboxylic acids is 1. The predicted octanol–water partition coefficient (Wildman–Crippen LogP) is 2.70. The van der Waals surface area contributed by atoms with Crippen molar-refractivity contribution in [1.82, 2.24) is 14.6 Å². The van der Waals surface area contributed by atoms with Gasteiger partial charge in [-0.3, -0.25) is 4.79 Å². The van der Waals surface area contributed by atoms with Crippen LogP contribution in [0.15, 0.2) is 34.5 Å². The highest BCUT2D eigenvalue weighted by Gasteiger charge is 2.58. The molecule has 2 N–H and O–H groups in total. The second-order valence-electron chi connectivity index (χ2n) is 7.56. The minimum absolute atomic E-state index is 0.0142. The Morgan fingerprint density at radius 2 is 1.84 bits per heavy atom. The largest absolute Gasteiger partial charge is 0.424 e. The lowest BCUT2D eigenvalue weighted by Gasteiger charge is -2.35. The fraction of sp³-hybridized carbons (Fsp3) is 0.474. The van der Waals surface area contributed by atoms with Gasteiger partial charge in [0.05, 0.1) is 11.3 Å². The Hall–Kier alpha value is -2.09. The van der Waals surface area contributed by atoms with Gasteiger partial charge in [0, 0.05) is 30.2 Å². The van der Waals surface area contributed by atoms with E-state index in [9.17, 15) is 35.9 Å². The van der Waals surface area contributed by atoms with E-state index in [4.69, 9.17) is 0 Å². The van der Waals surface area contributed by atoms with Gasteiger partial charge in [0.2, 0.25) is 21.5 Å². The first-order valence-corrected chi connectivity index (χ1v) is 12.0. The van der Waals surface area contributed by atoms with Crippen molar-refractivity contribution in [1.29, 1.82) is 0 Å². The predicted molar refractivity (Wildman–Crippen MR) is 108 cm³/mol. The molecule has 0 spiro atoms. The van der Waals surface area contributed by atoms with Crippen molar-refractivity contribution < 1.29 is 35.9 Å². The van der Waals surface area contributed by atoms with E-state index in [1.807, 2.05) is 0 Å². The number of nitrogens with zero attached hydrogens (tertiary/aromatic N) is 2. The van der Waals surface area contributed by atoms with E-state index in [1.165, 1.54) is 17.2 Å². The fourth-order valence-corrected chi connectivity index (χ4v) is 5.54. The molecule has 1 aliphatic heterocycles. The second-order valence-corrected chi connectivity index (χ2v) is 10.1. The van der Waals surface area contributed by atoms with Gasteiger partial charge >= 0.3 is 6.18 Å². The zero-order chi connectivity index (χ0) is 23.7. The molecule has 1 unspecified atom stereocenters. The van der Waals surface area contributed by atoms with Gasteiger partial charge in [-0.1, -0.05) is 0 Å². The molecule has 1 aromatic heterocycles. The summed E-state index contributed by atoms with van der Waals surface area (Å²) in [5, 5.41) is 11.1. The van der Waals surface area contributed by atoms with Crippen LogP contribution in [0.3, 0.4) is 0 Å². The smallest absolute Gasteiger partial charge is 0.374 e. The summed E-state index contributed by atoms with van der Waals surface area (Å²) < 4.78 is 81.1. The van der Waals surface area contributed by atoms with Gasteiger partial charge in [-0.15, -0.1) is 11.3 Å². The van der Waals surface area contributed by atoms with Gasteiger partial charge in [0.25, 0.3) is 0 Å². The molecule has 0 bridgehead atoms. The average molecular weight is 496 g/mol. The van der Waals surface area contributed by atoms with Crippen molar-refractivity contribution in [2.45, 2.75) is 48.9 Å². The van der Waals surface area contributed by atoms with Crippen LogP contribution in [0.5, 0.6) is 0 Å². The lowest BCUT2D eigenvalue weighted by atomic mass is 9.97. The number of benzene rings is 1. The molecule has 1 amide bonds. The molecule has 13 heteroatoms. The monoisotopic (exact) mass is 495 g/mol. The molecule has 1 fully saturated rings. The Kier molecular flexibility index (Phi) is 6.94. The highest BCUT2D eigenvalue weighted by atomic mass is 32.2. The molecule has 1 saturated heterocycles. The summed E-state index contributed by atoms with van der Waals surface area (Å²) in [6.07, 6.45) is -5.97. The van der Waals surface area contributed by atoms with Crippen LogP contribution in [0.2, 0.25) is 0 Å². The fourth-order valence-electron chi connectivity index (χ4n) is 3.32. The summed E-state index contributed by atoms with van der Waals surface area (Å²) in [5.74, 6) is -1.49. The minimum Gasteiger partial charge on any atom is -0.374 e. The first-order chi connectivity index (χ1) is 14.8. The molecule has 32 heavy (non-hydrogen) atoms. The number of aliphatic hydroxyl groups is 1. The van der Waals surface area contributed by atoms with Gasteiger partial charge < -0.3 is 10.0 Å². The lowest BCUT2D eigenvalue weighted by Crippen LogP contribution is -2.50. The third-order valence-electron chi connectivity index (χ3n) is 5.14. The molecule has 2 heterocycles. The van der Waals surface area contributed by atoms with Crippen molar-refractivity contribution in [3.8, 4) is 0 Å². The Bertz CT molecular complexity index is 1060. The number of aromatic nitrogens is 1. The third kappa shape index (κ3) is 5.27. The molecule has 176 valence electrons. The van der Waals surface area contributed by atoms with Crippen molar-refractivity contribution in [3.63, 3.8) is 0 Å². The van der Waals surface area contributed by atoms with Gasteiger partial charge in [-0.2, -0.15) is 13.2 Å². The molecular formula is C19H21F4N3O4S2. The average Bonchev–Trinajstić information content (AvgIpc) is 3.14. The normalized spacial score (nSPS) is 17.9. The molecule has 0 radical (unpaired) electrons. The summed E-state index contributed by atoms with van der Waals surface area (Å²) in [6, 6.07) is 3.73. The zero-order valence-electron chi connectivity index (χ0n) is 16.9. The van der Waals surface area contributed by atoms with Crippen LogP contribution in [0.1, 0.15) is 30.0 Å². The maximum absolute atomic E-state index is 13.6. The van der Waals surface area contributed by atoms with Crippen LogP contribution < -0.4 is 4.72 Å². The molecule has 2 aromatic rings. The number of hydrogen-bond acceptors (Lipinski definition) is 6. The standard InChI is InChI=1S/C19H21F4N3O4S2/c1-12-11-31-17(24-12)18(28,19(21,22)23)10-16(27)26-8-6-14(7-9-26)25-32(29,30)15-4-2-13(20)3-5-15/h2-5,11,14,25,28H,6-10H2,1H3. The van der Waals surface area contributed by atoms with Gasteiger partial charge in [0.1, 0.15) is 10.8 Å². The number of aryl methyl sites for hydroxylation is 1.